The van der Waals surface area contributed by atoms with Gasteiger partial charge in [-0.05, 0) is 87.6 Å². The van der Waals surface area contributed by atoms with Gasteiger partial charge >= 0.3 is 19.2 Å². The first-order valence-electron chi connectivity index (χ1n) is 18.2. The Morgan fingerprint density at radius 1 is 0.821 bits per heavy atom. The molecule has 288 valence electrons. The van der Waals surface area contributed by atoms with Crippen molar-refractivity contribution in [1.82, 2.24) is 19.8 Å². The number of benzene rings is 4. The van der Waals surface area contributed by atoms with E-state index in [9.17, 15) is 32.7 Å². The van der Waals surface area contributed by atoms with Gasteiger partial charge in [-0.3, -0.25) is 14.6 Å². The molecule has 1 N–H and O–H groups in total. The molecule has 4 heterocycles. The van der Waals surface area contributed by atoms with Gasteiger partial charge in [0.15, 0.2) is 11.2 Å². The Balaban J connectivity index is 1.15. The lowest BCUT2D eigenvalue weighted by Gasteiger charge is -2.22. The highest BCUT2D eigenvalue weighted by molar-refractivity contribution is 5.87. The summed E-state index contributed by atoms with van der Waals surface area (Å²) in [5, 5.41) is 20.2. The van der Waals surface area contributed by atoms with E-state index in [2.05, 4.69) is 20.9 Å². The normalized spacial score (nSPS) is 16.4. The fraction of sp³-hybridized carbons (Fsp3) is 0.317. The zero-order chi connectivity index (χ0) is 39.1. The van der Waals surface area contributed by atoms with Crippen LogP contribution in [0.1, 0.15) is 47.9 Å². The highest BCUT2D eigenvalue weighted by Crippen LogP contribution is 2.40. The van der Waals surface area contributed by atoms with Crippen LogP contribution in [0.3, 0.4) is 0 Å². The van der Waals surface area contributed by atoms with Crippen LogP contribution in [0.25, 0.3) is 56.2 Å². The van der Waals surface area contributed by atoms with E-state index in [-0.39, 0.29) is 46.6 Å². The number of carboxylic acids is 1. The third-order valence-electron chi connectivity index (χ3n) is 10.4. The molecule has 4 aromatic carbocycles. The van der Waals surface area contributed by atoms with E-state index in [1.54, 1.807) is 47.4 Å². The Morgan fingerprint density at radius 2 is 1.38 bits per heavy atom. The lowest BCUT2D eigenvalue weighted by atomic mass is 9.91. The Morgan fingerprint density at radius 3 is 1.96 bits per heavy atom. The molecule has 56 heavy (non-hydrogen) atoms. The molecule has 2 aromatic heterocycles. The molecule has 8 rings (SSSR count). The average Bonchev–Trinajstić information content (AvgIpc) is 3.99. The van der Waals surface area contributed by atoms with E-state index in [1.807, 2.05) is 13.0 Å². The second-order valence-corrected chi connectivity index (χ2v) is 13.9. The third-order valence-corrected chi connectivity index (χ3v) is 10.4. The van der Waals surface area contributed by atoms with Gasteiger partial charge < -0.3 is 23.4 Å². The molecule has 0 bridgehead atoms. The van der Waals surface area contributed by atoms with Gasteiger partial charge in [0.2, 0.25) is 11.8 Å². The minimum Gasteiger partial charge on any atom is -0.480 e. The van der Waals surface area contributed by atoms with Crippen molar-refractivity contribution in [2.75, 3.05) is 19.6 Å². The van der Waals surface area contributed by atoms with Gasteiger partial charge in [0.05, 0.1) is 11.1 Å². The molecule has 0 aliphatic carbocycles. The number of hydrogen-bond acceptors (Lipinski definition) is 10. The number of fused-ring (bicyclic) bond motifs is 2. The van der Waals surface area contributed by atoms with Gasteiger partial charge in [-0.1, -0.05) is 24.3 Å². The minimum absolute atomic E-state index is 0.00963. The lowest BCUT2D eigenvalue weighted by molar-refractivity contribution is -0.142. The smallest absolute Gasteiger partial charge is 0.387 e. The molecule has 1 atom stereocenters. The van der Waals surface area contributed by atoms with E-state index in [0.29, 0.717) is 75.9 Å². The summed E-state index contributed by atoms with van der Waals surface area (Å²) in [5.74, 6) is -0.767. The second-order valence-electron chi connectivity index (χ2n) is 13.9. The number of nitriles is 1. The van der Waals surface area contributed by atoms with Crippen LogP contribution in [0.5, 0.6) is 11.5 Å². The maximum atomic E-state index is 13.5. The average molecular weight is 770 g/mol. The number of likely N-dealkylation sites (tertiary alicyclic amines) is 2. The van der Waals surface area contributed by atoms with Crippen LogP contribution in [0.2, 0.25) is 0 Å². The number of rotatable bonds is 12. The number of ether oxygens (including phenoxy) is 2. The Hall–Kier alpha value is -5.98. The number of oxazole rings is 2. The fourth-order valence-corrected chi connectivity index (χ4v) is 7.82. The monoisotopic (exact) mass is 769 g/mol. The van der Waals surface area contributed by atoms with Gasteiger partial charge in [0.25, 0.3) is 0 Å². The van der Waals surface area contributed by atoms with Gasteiger partial charge in [-0.2, -0.15) is 22.8 Å². The lowest BCUT2D eigenvalue weighted by Crippen LogP contribution is -2.35. The van der Waals surface area contributed by atoms with Crippen molar-refractivity contribution in [1.29, 1.82) is 5.26 Å². The quantitative estimate of drug-likeness (QED) is 0.119. The number of carboxylic acid groups (broad SMARTS) is 1. The third kappa shape index (κ3) is 7.25. The number of carbonyl (C=O) groups is 1. The molecule has 2 aliphatic heterocycles. The predicted molar refractivity (Wildman–Crippen MR) is 196 cm³/mol. The topological polar surface area (TPSA) is 138 Å². The van der Waals surface area contributed by atoms with Crippen LogP contribution in [0.4, 0.5) is 17.6 Å². The first-order chi connectivity index (χ1) is 27.1. The number of nitrogens with zero attached hydrogens (tertiary/aromatic N) is 5. The zero-order valence-electron chi connectivity index (χ0n) is 30.1. The number of aliphatic carboxylic acids is 1. The molecule has 0 radical (unpaired) electrons. The largest absolute Gasteiger partial charge is 0.480 e. The Kier molecular flexibility index (Phi) is 10.1. The number of aromatic nitrogens is 2. The molecule has 15 heteroatoms. The van der Waals surface area contributed by atoms with Gasteiger partial charge in [-0.15, -0.1) is 0 Å². The molecule has 0 saturated carbocycles. The molecule has 2 saturated heterocycles. The number of alkyl halides is 4. The SMILES string of the molecule is Cc1c(-c2nc3cc(CN4CCCC4C(=O)O)c(OC(F)F)cc3o2)cccc1-c1cccc(-c2nc3cc(CN4CCCC4)c(OC(F)F)cc3o2)c1C#N. The molecule has 2 fully saturated rings. The highest BCUT2D eigenvalue weighted by atomic mass is 19.3. The molecule has 2 aliphatic rings. The summed E-state index contributed by atoms with van der Waals surface area (Å²) in [6.07, 6.45) is 3.18. The molecule has 11 nitrogen and oxygen atoms in total. The molecule has 0 amide bonds. The summed E-state index contributed by atoms with van der Waals surface area (Å²) in [7, 11) is 0. The number of halogens is 4. The molecular formula is C41H35F4N5O6. The van der Waals surface area contributed by atoms with E-state index >= 15 is 0 Å². The maximum Gasteiger partial charge on any atom is 0.387 e. The first-order valence-corrected chi connectivity index (χ1v) is 18.2. The van der Waals surface area contributed by atoms with Crippen molar-refractivity contribution in [2.45, 2.75) is 65.0 Å². The zero-order valence-corrected chi connectivity index (χ0v) is 30.1. The van der Waals surface area contributed by atoms with Crippen molar-refractivity contribution in [3.05, 3.63) is 82.9 Å². The summed E-state index contributed by atoms with van der Waals surface area (Å²) in [5.41, 5.74) is 5.33. The van der Waals surface area contributed by atoms with Crippen LogP contribution in [-0.2, 0) is 17.9 Å². The van der Waals surface area contributed by atoms with Crippen molar-refractivity contribution >= 4 is 28.2 Å². The van der Waals surface area contributed by atoms with Crippen molar-refractivity contribution in [3.8, 4) is 51.6 Å². The van der Waals surface area contributed by atoms with Crippen LogP contribution in [-0.4, -0.2) is 69.7 Å². The van der Waals surface area contributed by atoms with E-state index < -0.39 is 25.2 Å². The highest BCUT2D eigenvalue weighted by Gasteiger charge is 2.32. The Labute approximate surface area is 317 Å². The van der Waals surface area contributed by atoms with Crippen molar-refractivity contribution < 1.29 is 45.8 Å². The molecular weight excluding hydrogens is 734 g/mol. The summed E-state index contributed by atoms with van der Waals surface area (Å²) in [6, 6.07) is 18.2. The van der Waals surface area contributed by atoms with Crippen LogP contribution >= 0.6 is 0 Å². The van der Waals surface area contributed by atoms with Gasteiger partial charge in [0.1, 0.15) is 34.6 Å². The molecule has 1 unspecified atom stereocenters. The minimum atomic E-state index is -3.12. The maximum absolute atomic E-state index is 13.5. The van der Waals surface area contributed by atoms with Crippen LogP contribution < -0.4 is 9.47 Å². The van der Waals surface area contributed by atoms with E-state index in [1.165, 1.54) is 12.1 Å². The summed E-state index contributed by atoms with van der Waals surface area (Å²) in [6.45, 7) is -1.59. The van der Waals surface area contributed by atoms with Crippen molar-refractivity contribution in [2.24, 2.45) is 0 Å². The fourth-order valence-electron chi connectivity index (χ4n) is 7.82. The van der Waals surface area contributed by atoms with Crippen LogP contribution in [0, 0.1) is 18.3 Å². The van der Waals surface area contributed by atoms with E-state index in [4.69, 9.17) is 18.3 Å². The summed E-state index contributed by atoms with van der Waals surface area (Å²) in [4.78, 5) is 25.0. The molecule has 0 spiro atoms. The Bertz CT molecular complexity index is 2490. The van der Waals surface area contributed by atoms with Crippen molar-refractivity contribution in [3.63, 3.8) is 0 Å². The summed E-state index contributed by atoms with van der Waals surface area (Å²) < 4.78 is 75.7. The van der Waals surface area contributed by atoms with Crippen LogP contribution in [0.15, 0.2) is 69.5 Å². The second kappa shape index (κ2) is 15.3. The standard InChI is InChI=1S/C41H35F4N5O6/c1-22-25(7-4-8-26(22)37-47-31-16-24(21-50-14-6-11-32(50)39(51)52)34(56-41(44)45)18-35(31)53-37)27-9-5-10-28(29(27)19-46)38-48-30-15-23(20-49-12-2-3-13-49)33(55-40(42)43)17-36(30)54-38/h4-5,7-10,15-18,32,40-41H,2-3,6,11-14,20-21H2,1H3,(H,51,52). The predicted octanol–water partition coefficient (Wildman–Crippen LogP) is 9.00. The van der Waals surface area contributed by atoms with Gasteiger partial charge in [0, 0.05) is 47.5 Å². The molecule has 6 aromatic rings. The number of hydrogen-bond donors (Lipinski definition) is 1. The van der Waals surface area contributed by atoms with E-state index in [0.717, 1.165) is 25.9 Å². The first kappa shape index (κ1) is 37.0. The summed E-state index contributed by atoms with van der Waals surface area (Å²) >= 11 is 0. The van der Waals surface area contributed by atoms with Gasteiger partial charge in [-0.25, -0.2) is 9.97 Å².